The van der Waals surface area contributed by atoms with Crippen molar-refractivity contribution in [2.45, 2.75) is 51.5 Å². The van der Waals surface area contributed by atoms with Gasteiger partial charge in [0.25, 0.3) is 0 Å². The molecule has 0 aromatic heterocycles. The molecule has 17 heavy (non-hydrogen) atoms. The molecule has 0 aromatic carbocycles. The van der Waals surface area contributed by atoms with Crippen LogP contribution in [0.2, 0.25) is 0 Å². The van der Waals surface area contributed by atoms with Gasteiger partial charge in [-0.15, -0.1) is 0 Å². The molecule has 2 aliphatic rings. The van der Waals surface area contributed by atoms with Gasteiger partial charge in [-0.1, -0.05) is 13.3 Å². The maximum Gasteiger partial charge on any atom is 0.213 e. The van der Waals surface area contributed by atoms with Crippen molar-refractivity contribution in [3.63, 3.8) is 0 Å². The molecule has 5 heteroatoms. The van der Waals surface area contributed by atoms with Gasteiger partial charge in [-0.05, 0) is 44.1 Å². The second-order valence-electron chi connectivity index (χ2n) is 5.65. The normalized spacial score (nSPS) is 27.2. The van der Waals surface area contributed by atoms with E-state index in [1.807, 2.05) is 0 Å². The molecule has 1 atom stereocenters. The van der Waals surface area contributed by atoms with Crippen LogP contribution in [0.3, 0.4) is 0 Å². The molecule has 4 nitrogen and oxygen atoms in total. The molecule has 0 aromatic rings. The number of nitrogens with one attached hydrogen (secondary N) is 2. The Bertz CT molecular complexity index is 344. The Hall–Kier alpha value is -0.130. The lowest BCUT2D eigenvalue weighted by molar-refractivity contribution is 0.448. The number of hydrogen-bond donors (Lipinski definition) is 2. The number of hydrogen-bond acceptors (Lipinski definition) is 3. The molecule has 1 saturated heterocycles. The van der Waals surface area contributed by atoms with Crippen molar-refractivity contribution < 1.29 is 8.42 Å². The zero-order chi connectivity index (χ0) is 12.4. The summed E-state index contributed by atoms with van der Waals surface area (Å²) in [4.78, 5) is 0. The van der Waals surface area contributed by atoms with Crippen LogP contribution in [0.25, 0.3) is 0 Å². The fraction of sp³-hybridized carbons (Fsp3) is 1.00. The molecule has 0 spiro atoms. The van der Waals surface area contributed by atoms with Gasteiger partial charge in [0.2, 0.25) is 10.0 Å². The smallest absolute Gasteiger partial charge is 0.213 e. The van der Waals surface area contributed by atoms with Crippen LogP contribution in [0.15, 0.2) is 0 Å². The molecule has 2 rings (SSSR count). The van der Waals surface area contributed by atoms with Gasteiger partial charge < -0.3 is 5.32 Å². The summed E-state index contributed by atoms with van der Waals surface area (Å²) in [7, 11) is -3.09. The summed E-state index contributed by atoms with van der Waals surface area (Å²) in [5.74, 6) is 0.245. The summed E-state index contributed by atoms with van der Waals surface area (Å²) < 4.78 is 26.6. The van der Waals surface area contributed by atoms with E-state index in [1.165, 1.54) is 12.8 Å². The van der Waals surface area contributed by atoms with Crippen molar-refractivity contribution in [3.05, 3.63) is 0 Å². The first kappa shape index (κ1) is 13.3. The van der Waals surface area contributed by atoms with Crippen LogP contribution in [-0.2, 0) is 10.0 Å². The third-order valence-electron chi connectivity index (χ3n) is 3.99. The van der Waals surface area contributed by atoms with E-state index in [9.17, 15) is 8.42 Å². The molecule has 2 N–H and O–H groups in total. The second kappa shape index (κ2) is 5.24. The Morgan fingerprint density at radius 2 is 2.18 bits per heavy atom. The zero-order valence-electron chi connectivity index (χ0n) is 10.7. The van der Waals surface area contributed by atoms with Crippen molar-refractivity contribution in [2.75, 3.05) is 18.8 Å². The maximum atomic E-state index is 11.9. The van der Waals surface area contributed by atoms with Crippen LogP contribution in [0.4, 0.5) is 0 Å². The summed E-state index contributed by atoms with van der Waals surface area (Å²) in [6, 6.07) is 0.161. The monoisotopic (exact) mass is 260 g/mol. The Balaban J connectivity index is 1.77. The van der Waals surface area contributed by atoms with Gasteiger partial charge in [0.05, 0.1) is 5.75 Å². The van der Waals surface area contributed by atoms with Crippen LogP contribution in [-0.4, -0.2) is 33.3 Å². The highest BCUT2D eigenvalue weighted by Gasteiger charge is 2.42. The zero-order valence-corrected chi connectivity index (χ0v) is 11.5. The van der Waals surface area contributed by atoms with E-state index in [-0.39, 0.29) is 11.8 Å². The van der Waals surface area contributed by atoms with Gasteiger partial charge in [0.15, 0.2) is 0 Å². The fourth-order valence-electron chi connectivity index (χ4n) is 2.71. The number of rotatable bonds is 7. The molecule has 2 fully saturated rings. The minimum atomic E-state index is -3.09. The molecular weight excluding hydrogens is 236 g/mol. The van der Waals surface area contributed by atoms with E-state index in [1.54, 1.807) is 0 Å². The molecule has 100 valence electrons. The van der Waals surface area contributed by atoms with E-state index < -0.39 is 10.0 Å². The first-order valence-electron chi connectivity index (χ1n) is 6.76. The van der Waals surface area contributed by atoms with Crippen LogP contribution < -0.4 is 10.0 Å². The predicted molar refractivity (Wildman–Crippen MR) is 69.4 cm³/mol. The van der Waals surface area contributed by atoms with Crippen LogP contribution in [0, 0.1) is 5.41 Å². The van der Waals surface area contributed by atoms with Crippen LogP contribution >= 0.6 is 0 Å². The van der Waals surface area contributed by atoms with E-state index in [0.717, 1.165) is 32.2 Å². The van der Waals surface area contributed by atoms with E-state index in [2.05, 4.69) is 17.0 Å². The molecule has 1 aliphatic heterocycles. The van der Waals surface area contributed by atoms with Crippen molar-refractivity contribution in [3.8, 4) is 0 Å². The SMILES string of the molecule is CCCC1(CNS(=O)(=O)CC2CCCN2)CC1. The summed E-state index contributed by atoms with van der Waals surface area (Å²) in [5.41, 5.74) is 0.297. The van der Waals surface area contributed by atoms with Gasteiger partial charge >= 0.3 is 0 Å². The molecule has 1 aliphatic carbocycles. The van der Waals surface area contributed by atoms with Gasteiger partial charge in [-0.2, -0.15) is 0 Å². The maximum absolute atomic E-state index is 11.9. The second-order valence-corrected chi connectivity index (χ2v) is 7.50. The van der Waals surface area contributed by atoms with Gasteiger partial charge in [0, 0.05) is 12.6 Å². The minimum absolute atomic E-state index is 0.161. The highest BCUT2D eigenvalue weighted by atomic mass is 32.2. The largest absolute Gasteiger partial charge is 0.313 e. The molecule has 0 radical (unpaired) electrons. The van der Waals surface area contributed by atoms with Gasteiger partial charge in [0.1, 0.15) is 0 Å². The quantitative estimate of drug-likeness (QED) is 0.724. The fourth-order valence-corrected chi connectivity index (χ4v) is 4.17. The summed E-state index contributed by atoms with van der Waals surface area (Å²) in [5, 5.41) is 3.23. The highest BCUT2D eigenvalue weighted by Crippen LogP contribution is 2.49. The lowest BCUT2D eigenvalue weighted by atomic mass is 10.0. The Kier molecular flexibility index (Phi) is 4.10. The topological polar surface area (TPSA) is 58.2 Å². The number of sulfonamides is 1. The lowest BCUT2D eigenvalue weighted by Gasteiger charge is -2.16. The molecular formula is C12H24N2O2S. The van der Waals surface area contributed by atoms with Gasteiger partial charge in [-0.25, -0.2) is 13.1 Å². The highest BCUT2D eigenvalue weighted by molar-refractivity contribution is 7.89. The third kappa shape index (κ3) is 3.93. The van der Waals surface area contributed by atoms with Crippen LogP contribution in [0.1, 0.15) is 45.4 Å². The summed E-state index contributed by atoms with van der Waals surface area (Å²) >= 11 is 0. The Morgan fingerprint density at radius 1 is 1.41 bits per heavy atom. The minimum Gasteiger partial charge on any atom is -0.313 e. The molecule has 0 amide bonds. The van der Waals surface area contributed by atoms with E-state index in [4.69, 9.17) is 0 Å². The average molecular weight is 260 g/mol. The van der Waals surface area contributed by atoms with E-state index in [0.29, 0.717) is 12.0 Å². The predicted octanol–water partition coefficient (Wildman–Crippen LogP) is 1.24. The van der Waals surface area contributed by atoms with Crippen molar-refractivity contribution in [1.82, 2.24) is 10.0 Å². The Morgan fingerprint density at radius 3 is 2.71 bits per heavy atom. The Labute approximate surface area is 105 Å². The molecule has 0 bridgehead atoms. The summed E-state index contributed by atoms with van der Waals surface area (Å²) in [6.45, 7) is 3.77. The van der Waals surface area contributed by atoms with Crippen LogP contribution in [0.5, 0.6) is 0 Å². The standard InChI is InChI=1S/C12H24N2O2S/c1-2-5-12(6-7-12)10-14-17(15,16)9-11-4-3-8-13-11/h11,13-14H,2-10H2,1H3. The lowest BCUT2D eigenvalue weighted by Crippen LogP contribution is -2.38. The molecule has 1 heterocycles. The van der Waals surface area contributed by atoms with Crippen molar-refractivity contribution in [2.24, 2.45) is 5.41 Å². The average Bonchev–Trinajstić information content (AvgIpc) is 2.85. The first-order valence-corrected chi connectivity index (χ1v) is 8.41. The van der Waals surface area contributed by atoms with Crippen molar-refractivity contribution >= 4 is 10.0 Å². The van der Waals surface area contributed by atoms with E-state index >= 15 is 0 Å². The first-order chi connectivity index (χ1) is 8.05. The summed E-state index contributed by atoms with van der Waals surface area (Å²) in [6.07, 6.45) is 6.75. The molecule has 1 unspecified atom stereocenters. The third-order valence-corrected chi connectivity index (χ3v) is 5.41. The molecule has 1 saturated carbocycles. The van der Waals surface area contributed by atoms with Gasteiger partial charge in [-0.3, -0.25) is 0 Å². The van der Waals surface area contributed by atoms with Crippen molar-refractivity contribution in [1.29, 1.82) is 0 Å².